The molecule has 1 heterocycles. The Morgan fingerprint density at radius 2 is 2.10 bits per heavy atom. The molecule has 1 aromatic carbocycles. The number of hydrogen-bond donors (Lipinski definition) is 1. The summed E-state index contributed by atoms with van der Waals surface area (Å²) in [5.41, 5.74) is 6.41. The van der Waals surface area contributed by atoms with Gasteiger partial charge in [0.2, 0.25) is 5.91 Å². The number of hydrogen-bond acceptors (Lipinski definition) is 7. The van der Waals surface area contributed by atoms with Gasteiger partial charge in [0.25, 0.3) is 5.56 Å². The average molecular weight is 439 g/mol. The molecule has 0 aliphatic heterocycles. The zero-order valence-corrected chi connectivity index (χ0v) is 18.5. The Bertz CT molecular complexity index is 1290. The molecule has 2 aromatic rings. The second-order valence-corrected chi connectivity index (χ2v) is 7.18. The summed E-state index contributed by atoms with van der Waals surface area (Å²) >= 11 is 1.06. The maximum absolute atomic E-state index is 12.6. The van der Waals surface area contributed by atoms with Gasteiger partial charge in [-0.05, 0) is 32.0 Å². The van der Waals surface area contributed by atoms with Crippen molar-refractivity contribution in [3.63, 3.8) is 0 Å². The molecule has 0 bridgehead atoms. The van der Waals surface area contributed by atoms with Gasteiger partial charge < -0.3 is 15.0 Å². The van der Waals surface area contributed by atoms with Crippen molar-refractivity contribution < 1.29 is 14.3 Å². The van der Waals surface area contributed by atoms with Gasteiger partial charge in [0.1, 0.15) is 15.3 Å². The second-order valence-electron chi connectivity index (χ2n) is 6.18. The number of carbonyl (C=O) groups is 2. The molecular weight excluding hydrogens is 416 g/mol. The number of nitrogens with one attached hydrogen (secondary N) is 1. The van der Waals surface area contributed by atoms with Crippen molar-refractivity contribution in [1.82, 2.24) is 4.57 Å². The maximum atomic E-state index is 12.6. The molecule has 0 spiro atoms. The standard InChI is InChI=1S/C22H22N4O4S/c1-5-26-20(12-16(14-23)22(29)30-6-2)31-19(21(26)28)10-11-24-17-8-7-9-18(13-17)25(4)15(3)27/h7-9,11,13,24H,5-6H2,1-4H3. The van der Waals surface area contributed by atoms with Crippen molar-refractivity contribution in [2.45, 2.75) is 27.3 Å². The summed E-state index contributed by atoms with van der Waals surface area (Å²) in [6, 6.07) is 8.97. The van der Waals surface area contributed by atoms with Gasteiger partial charge in [-0.25, -0.2) is 4.79 Å². The van der Waals surface area contributed by atoms with Gasteiger partial charge in [0.05, 0.1) is 6.61 Å². The van der Waals surface area contributed by atoms with Crippen molar-refractivity contribution >= 4 is 46.1 Å². The summed E-state index contributed by atoms with van der Waals surface area (Å²) in [6.45, 7) is 5.37. The minimum Gasteiger partial charge on any atom is -0.461 e. The predicted octanol–water partition coefficient (Wildman–Crippen LogP) is 1.31. The number of rotatable bonds is 6. The highest BCUT2D eigenvalue weighted by molar-refractivity contribution is 7.07. The summed E-state index contributed by atoms with van der Waals surface area (Å²) in [4.78, 5) is 37.5. The van der Waals surface area contributed by atoms with Crippen molar-refractivity contribution in [1.29, 1.82) is 5.26 Å². The zero-order chi connectivity index (χ0) is 23.0. The fraction of sp³-hybridized carbons (Fsp3) is 0.273. The topological polar surface area (TPSA) is 104 Å². The number of benzene rings is 1. The number of aromatic nitrogens is 1. The fourth-order valence-electron chi connectivity index (χ4n) is 2.49. The first kappa shape index (κ1) is 23.5. The van der Waals surface area contributed by atoms with E-state index >= 15 is 0 Å². The number of esters is 1. The Labute approximate surface area is 183 Å². The molecule has 0 aliphatic rings. The Hall–Kier alpha value is -3.82. The lowest BCUT2D eigenvalue weighted by molar-refractivity contribution is -0.137. The number of nitriles is 1. The smallest absolute Gasteiger partial charge is 0.357 e. The number of thiazole rings is 1. The van der Waals surface area contributed by atoms with Crippen LogP contribution in [0.2, 0.25) is 0 Å². The van der Waals surface area contributed by atoms with Crippen LogP contribution in [0.15, 0.2) is 40.8 Å². The SMILES string of the molecule is CCOC(=O)C(=C=c1sc(=C=CNc2cccc(N(C)C(C)=O)c2)c(=O)n1CC)C#N. The van der Waals surface area contributed by atoms with E-state index in [0.717, 1.165) is 17.0 Å². The minimum atomic E-state index is -0.786. The van der Waals surface area contributed by atoms with Crippen LogP contribution in [-0.2, 0) is 20.9 Å². The van der Waals surface area contributed by atoms with Crippen molar-refractivity contribution in [3.8, 4) is 6.07 Å². The van der Waals surface area contributed by atoms with E-state index < -0.39 is 5.97 Å². The van der Waals surface area contributed by atoms with Crippen LogP contribution < -0.4 is 25.0 Å². The predicted molar refractivity (Wildman–Crippen MR) is 120 cm³/mol. The Morgan fingerprint density at radius 3 is 2.71 bits per heavy atom. The quantitative estimate of drug-likeness (QED) is 0.414. The highest BCUT2D eigenvalue weighted by atomic mass is 32.1. The van der Waals surface area contributed by atoms with E-state index in [0.29, 0.717) is 16.9 Å². The van der Waals surface area contributed by atoms with Crippen LogP contribution in [-0.4, -0.2) is 30.1 Å². The molecule has 0 atom stereocenters. The van der Waals surface area contributed by atoms with E-state index in [1.165, 1.54) is 22.6 Å². The lowest BCUT2D eigenvalue weighted by atomic mass is 10.2. The molecule has 0 aliphatic carbocycles. The summed E-state index contributed by atoms with van der Waals surface area (Å²) in [5.74, 6) is -0.874. The van der Waals surface area contributed by atoms with E-state index in [2.05, 4.69) is 16.8 Å². The van der Waals surface area contributed by atoms with Gasteiger partial charge in [0, 0.05) is 38.1 Å². The van der Waals surface area contributed by atoms with Gasteiger partial charge >= 0.3 is 5.97 Å². The molecule has 0 radical (unpaired) electrons. The van der Waals surface area contributed by atoms with Crippen LogP contribution in [0.4, 0.5) is 11.4 Å². The molecule has 0 saturated carbocycles. The zero-order valence-electron chi connectivity index (χ0n) is 17.7. The van der Waals surface area contributed by atoms with Crippen molar-refractivity contribution in [2.75, 3.05) is 23.9 Å². The van der Waals surface area contributed by atoms with Gasteiger partial charge in [0.15, 0.2) is 5.57 Å². The van der Waals surface area contributed by atoms with Gasteiger partial charge in [-0.2, -0.15) is 5.26 Å². The van der Waals surface area contributed by atoms with Crippen LogP contribution in [0, 0.1) is 11.3 Å². The first-order chi connectivity index (χ1) is 14.8. The number of amides is 1. The minimum absolute atomic E-state index is 0.0886. The van der Waals surface area contributed by atoms with E-state index in [1.54, 1.807) is 39.1 Å². The number of nitrogens with zero attached hydrogens (tertiary/aromatic N) is 3. The molecule has 0 saturated heterocycles. The van der Waals surface area contributed by atoms with Gasteiger partial charge in [-0.1, -0.05) is 28.9 Å². The third-order valence-electron chi connectivity index (χ3n) is 4.17. The number of carbonyl (C=O) groups excluding carboxylic acids is 2. The Kier molecular flexibility index (Phi) is 8.18. The number of anilines is 2. The van der Waals surface area contributed by atoms with E-state index in [9.17, 15) is 19.6 Å². The number of ether oxygens (including phenoxy) is 1. The molecule has 8 nitrogen and oxygen atoms in total. The molecule has 31 heavy (non-hydrogen) atoms. The molecule has 1 aromatic heterocycles. The lowest BCUT2D eigenvalue weighted by Gasteiger charge is -2.15. The average Bonchev–Trinajstić information content (AvgIpc) is 3.05. The maximum Gasteiger partial charge on any atom is 0.357 e. The van der Waals surface area contributed by atoms with Crippen molar-refractivity contribution in [2.24, 2.45) is 0 Å². The van der Waals surface area contributed by atoms with Crippen LogP contribution in [0.25, 0.3) is 11.5 Å². The largest absolute Gasteiger partial charge is 0.461 e. The van der Waals surface area contributed by atoms with E-state index in [1.807, 2.05) is 12.1 Å². The summed E-state index contributed by atoms with van der Waals surface area (Å²) in [6.07, 6.45) is 1.49. The molecule has 1 amide bonds. The molecule has 1 N–H and O–H groups in total. The molecule has 160 valence electrons. The third kappa shape index (κ3) is 5.84. The van der Waals surface area contributed by atoms with Crippen LogP contribution in [0.3, 0.4) is 0 Å². The lowest BCUT2D eigenvalue weighted by Crippen LogP contribution is -2.30. The summed E-state index contributed by atoms with van der Waals surface area (Å²) in [7, 11) is 1.68. The van der Waals surface area contributed by atoms with Crippen LogP contribution >= 0.6 is 11.3 Å². The highest BCUT2D eigenvalue weighted by Crippen LogP contribution is 2.18. The first-order valence-corrected chi connectivity index (χ1v) is 10.3. The van der Waals surface area contributed by atoms with Gasteiger partial charge in [-0.3, -0.25) is 14.2 Å². The van der Waals surface area contributed by atoms with Crippen LogP contribution in [0.1, 0.15) is 20.8 Å². The van der Waals surface area contributed by atoms with Crippen LogP contribution in [0.5, 0.6) is 0 Å². The molecule has 0 fully saturated rings. The second kappa shape index (κ2) is 10.8. The first-order valence-electron chi connectivity index (χ1n) is 9.46. The summed E-state index contributed by atoms with van der Waals surface area (Å²) < 4.78 is 6.85. The normalized spacial score (nSPS) is 9.65. The van der Waals surface area contributed by atoms with E-state index in [4.69, 9.17) is 4.74 Å². The Morgan fingerprint density at radius 1 is 1.35 bits per heavy atom. The van der Waals surface area contributed by atoms with E-state index in [-0.39, 0.29) is 28.2 Å². The monoisotopic (exact) mass is 438 g/mol. The molecule has 2 rings (SSSR count). The van der Waals surface area contributed by atoms with Crippen molar-refractivity contribution in [3.05, 3.63) is 55.6 Å². The van der Waals surface area contributed by atoms with Gasteiger partial charge in [-0.15, -0.1) is 0 Å². The molecule has 0 unspecified atom stereocenters. The Balaban J connectivity index is 2.51. The fourth-order valence-corrected chi connectivity index (χ4v) is 3.47. The molecule has 9 heteroatoms. The summed E-state index contributed by atoms with van der Waals surface area (Å²) in [5, 5.41) is 12.2. The molecular formula is C22H22N4O4S. The highest BCUT2D eigenvalue weighted by Gasteiger charge is 2.10. The third-order valence-corrected chi connectivity index (χ3v) is 5.18.